The van der Waals surface area contributed by atoms with Crippen LogP contribution < -0.4 is 5.56 Å². The summed E-state index contributed by atoms with van der Waals surface area (Å²) in [5.41, 5.74) is 0.845. The highest BCUT2D eigenvalue weighted by Crippen LogP contribution is 2.04. The van der Waals surface area contributed by atoms with Crippen LogP contribution in [0.4, 0.5) is 0 Å². The molecule has 90 valence electrons. The van der Waals surface area contributed by atoms with E-state index in [9.17, 15) is 4.79 Å². The SMILES string of the molecule is Cc1ncn(CCCCCCO)c(=O)c1I. The molecule has 0 aliphatic rings. The molecule has 1 heterocycles. The molecule has 1 aromatic heterocycles. The van der Waals surface area contributed by atoms with E-state index in [1.807, 2.05) is 29.5 Å². The lowest BCUT2D eigenvalue weighted by Crippen LogP contribution is -2.24. The van der Waals surface area contributed by atoms with Crippen LogP contribution in [-0.4, -0.2) is 21.3 Å². The van der Waals surface area contributed by atoms with Crippen LogP contribution in [0.3, 0.4) is 0 Å². The van der Waals surface area contributed by atoms with Gasteiger partial charge in [0.1, 0.15) is 0 Å². The zero-order valence-electron chi connectivity index (χ0n) is 9.45. The fourth-order valence-electron chi connectivity index (χ4n) is 1.45. The first-order valence-electron chi connectivity index (χ1n) is 5.49. The predicted octanol–water partition coefficient (Wildman–Crippen LogP) is 1.71. The van der Waals surface area contributed by atoms with Crippen LogP contribution in [0.25, 0.3) is 0 Å². The number of aryl methyl sites for hydroxylation is 2. The second-order valence-corrected chi connectivity index (χ2v) is 4.86. The van der Waals surface area contributed by atoms with Crippen molar-refractivity contribution >= 4 is 22.6 Å². The van der Waals surface area contributed by atoms with Gasteiger partial charge in [0, 0.05) is 13.2 Å². The molecule has 1 rings (SSSR count). The van der Waals surface area contributed by atoms with E-state index < -0.39 is 0 Å². The first kappa shape index (κ1) is 13.6. The molecule has 0 saturated carbocycles. The van der Waals surface area contributed by atoms with Crippen molar-refractivity contribution in [1.82, 2.24) is 9.55 Å². The van der Waals surface area contributed by atoms with Crippen LogP contribution in [0, 0.1) is 10.5 Å². The Morgan fingerprint density at radius 1 is 1.38 bits per heavy atom. The highest BCUT2D eigenvalue weighted by molar-refractivity contribution is 14.1. The van der Waals surface area contributed by atoms with E-state index in [4.69, 9.17) is 5.11 Å². The summed E-state index contributed by atoms with van der Waals surface area (Å²) in [4.78, 5) is 16.0. The molecular weight excluding hydrogens is 319 g/mol. The van der Waals surface area contributed by atoms with Gasteiger partial charge in [0.2, 0.25) is 0 Å². The Balaban J connectivity index is 2.49. The molecule has 4 nitrogen and oxygen atoms in total. The number of hydrogen-bond acceptors (Lipinski definition) is 3. The normalized spacial score (nSPS) is 10.7. The third kappa shape index (κ3) is 3.86. The average molecular weight is 336 g/mol. The van der Waals surface area contributed by atoms with Crippen molar-refractivity contribution in [3.05, 3.63) is 25.9 Å². The first-order valence-corrected chi connectivity index (χ1v) is 6.57. The van der Waals surface area contributed by atoms with Crippen molar-refractivity contribution in [1.29, 1.82) is 0 Å². The van der Waals surface area contributed by atoms with Gasteiger partial charge < -0.3 is 5.11 Å². The molecule has 0 aliphatic heterocycles. The average Bonchev–Trinajstić information content (AvgIpc) is 2.28. The Bertz CT molecular complexity index is 390. The van der Waals surface area contributed by atoms with Gasteiger partial charge in [0.25, 0.3) is 5.56 Å². The zero-order chi connectivity index (χ0) is 12.0. The van der Waals surface area contributed by atoms with Gasteiger partial charge in [-0.3, -0.25) is 9.36 Å². The summed E-state index contributed by atoms with van der Waals surface area (Å²) in [7, 11) is 0. The number of halogens is 1. The molecule has 5 heteroatoms. The molecule has 1 N–H and O–H groups in total. The molecule has 0 atom stereocenters. The number of hydrogen-bond donors (Lipinski definition) is 1. The van der Waals surface area contributed by atoms with Gasteiger partial charge in [-0.1, -0.05) is 12.8 Å². The van der Waals surface area contributed by atoms with Crippen LogP contribution in [-0.2, 0) is 6.54 Å². The van der Waals surface area contributed by atoms with Crippen molar-refractivity contribution in [2.75, 3.05) is 6.61 Å². The third-order valence-electron chi connectivity index (χ3n) is 2.46. The van der Waals surface area contributed by atoms with E-state index >= 15 is 0 Å². The summed E-state index contributed by atoms with van der Waals surface area (Å²) in [6, 6.07) is 0. The van der Waals surface area contributed by atoms with Crippen LogP contribution >= 0.6 is 22.6 Å². The van der Waals surface area contributed by atoms with Crippen LogP contribution in [0.15, 0.2) is 11.1 Å². The predicted molar refractivity (Wildman–Crippen MR) is 71.5 cm³/mol. The Kier molecular flexibility index (Phi) is 5.97. The van der Waals surface area contributed by atoms with Gasteiger partial charge in [-0.05, 0) is 42.4 Å². The number of nitrogens with zero attached hydrogens (tertiary/aromatic N) is 2. The molecule has 0 aromatic carbocycles. The molecule has 0 spiro atoms. The third-order valence-corrected chi connectivity index (χ3v) is 3.71. The smallest absolute Gasteiger partial charge is 0.266 e. The molecule has 0 radical (unpaired) electrons. The molecule has 1 aromatic rings. The minimum Gasteiger partial charge on any atom is -0.396 e. The Morgan fingerprint density at radius 2 is 2.06 bits per heavy atom. The summed E-state index contributed by atoms with van der Waals surface area (Å²) >= 11 is 2.04. The van der Waals surface area contributed by atoms with E-state index in [0.717, 1.165) is 31.4 Å². The van der Waals surface area contributed by atoms with Crippen molar-refractivity contribution in [2.24, 2.45) is 0 Å². The number of aliphatic hydroxyl groups is 1. The highest BCUT2D eigenvalue weighted by atomic mass is 127. The molecule has 0 amide bonds. The molecular formula is C11H17IN2O2. The standard InChI is InChI=1S/C11H17IN2O2/c1-9-10(12)11(16)14(8-13-9)6-4-2-3-5-7-15/h8,15H,2-7H2,1H3. The summed E-state index contributed by atoms with van der Waals surface area (Å²) in [5.74, 6) is 0. The number of rotatable bonds is 6. The van der Waals surface area contributed by atoms with E-state index in [1.165, 1.54) is 0 Å². The van der Waals surface area contributed by atoms with Gasteiger partial charge in [0.15, 0.2) is 0 Å². The van der Waals surface area contributed by atoms with Crippen LogP contribution in [0.1, 0.15) is 31.4 Å². The van der Waals surface area contributed by atoms with E-state index in [0.29, 0.717) is 10.1 Å². The summed E-state index contributed by atoms with van der Waals surface area (Å²) in [6.07, 6.45) is 5.48. The highest BCUT2D eigenvalue weighted by Gasteiger charge is 2.04. The van der Waals surface area contributed by atoms with Crippen molar-refractivity contribution in [3.63, 3.8) is 0 Å². The van der Waals surface area contributed by atoms with E-state index in [1.54, 1.807) is 10.9 Å². The lowest BCUT2D eigenvalue weighted by atomic mass is 10.2. The van der Waals surface area contributed by atoms with Crippen LogP contribution in [0.2, 0.25) is 0 Å². The lowest BCUT2D eigenvalue weighted by Gasteiger charge is -2.06. The van der Waals surface area contributed by atoms with Gasteiger partial charge >= 0.3 is 0 Å². The number of aromatic nitrogens is 2. The van der Waals surface area contributed by atoms with Gasteiger partial charge in [-0.25, -0.2) is 4.98 Å². The fourth-order valence-corrected chi connectivity index (χ4v) is 1.90. The molecule has 0 unspecified atom stereocenters. The summed E-state index contributed by atoms with van der Waals surface area (Å²) < 4.78 is 2.36. The summed E-state index contributed by atoms with van der Waals surface area (Å²) in [6.45, 7) is 2.81. The largest absolute Gasteiger partial charge is 0.396 e. The molecule has 0 bridgehead atoms. The monoisotopic (exact) mass is 336 g/mol. The van der Waals surface area contributed by atoms with E-state index in [-0.39, 0.29) is 12.2 Å². The maximum absolute atomic E-state index is 11.8. The summed E-state index contributed by atoms with van der Waals surface area (Å²) in [5, 5.41) is 8.63. The lowest BCUT2D eigenvalue weighted by molar-refractivity contribution is 0.282. The van der Waals surface area contributed by atoms with Crippen molar-refractivity contribution < 1.29 is 5.11 Å². The molecule has 0 fully saturated rings. The maximum atomic E-state index is 11.8. The second-order valence-electron chi connectivity index (χ2n) is 3.78. The van der Waals surface area contributed by atoms with Crippen LogP contribution in [0.5, 0.6) is 0 Å². The van der Waals surface area contributed by atoms with Crippen molar-refractivity contribution in [3.8, 4) is 0 Å². The molecule has 0 aliphatic carbocycles. The Morgan fingerprint density at radius 3 is 2.75 bits per heavy atom. The zero-order valence-corrected chi connectivity index (χ0v) is 11.6. The molecule has 16 heavy (non-hydrogen) atoms. The second kappa shape index (κ2) is 7.01. The Labute approximate surface area is 109 Å². The van der Waals surface area contributed by atoms with Gasteiger partial charge in [0.05, 0.1) is 15.6 Å². The van der Waals surface area contributed by atoms with Gasteiger partial charge in [-0.2, -0.15) is 0 Å². The number of aliphatic hydroxyl groups excluding tert-OH is 1. The fraction of sp³-hybridized carbons (Fsp3) is 0.636. The first-order chi connectivity index (χ1) is 7.66. The van der Waals surface area contributed by atoms with Gasteiger partial charge in [-0.15, -0.1) is 0 Å². The molecule has 0 saturated heterocycles. The van der Waals surface area contributed by atoms with Crippen molar-refractivity contribution in [2.45, 2.75) is 39.2 Å². The minimum absolute atomic E-state index is 0.0512. The number of unbranched alkanes of at least 4 members (excludes halogenated alkanes) is 3. The van der Waals surface area contributed by atoms with E-state index in [2.05, 4.69) is 4.98 Å². The maximum Gasteiger partial charge on any atom is 0.266 e. The Hall–Kier alpha value is -0.430. The topological polar surface area (TPSA) is 55.1 Å². The quantitative estimate of drug-likeness (QED) is 0.636. The minimum atomic E-state index is 0.0512.